The Morgan fingerprint density at radius 3 is 2.36 bits per heavy atom. The van der Waals surface area contributed by atoms with E-state index in [0.29, 0.717) is 48.8 Å². The summed E-state index contributed by atoms with van der Waals surface area (Å²) in [6.07, 6.45) is 1.77. The highest BCUT2D eigenvalue weighted by Crippen LogP contribution is 2.17. The van der Waals surface area contributed by atoms with Crippen LogP contribution in [0.25, 0.3) is 11.0 Å². The molecule has 14 heteroatoms. The van der Waals surface area contributed by atoms with Gasteiger partial charge in [0.05, 0.1) is 12.2 Å². The van der Waals surface area contributed by atoms with Crippen molar-refractivity contribution in [3.63, 3.8) is 0 Å². The Morgan fingerprint density at radius 2 is 1.86 bits per heavy atom. The number of aromatic nitrogens is 4. The number of nitrogens with two attached hydrogens (primary N) is 2. The summed E-state index contributed by atoms with van der Waals surface area (Å²) in [6.45, 7) is 6.84. The van der Waals surface area contributed by atoms with E-state index in [0.717, 1.165) is 24.1 Å². The molecule has 0 radical (unpaired) electrons. The summed E-state index contributed by atoms with van der Waals surface area (Å²) < 4.78 is 14.4. The fraction of sp³-hybridized carbons (Fsp3) is 0.500. The number of aliphatic carboxylic acids is 1. The van der Waals surface area contributed by atoms with Crippen LogP contribution in [0.4, 0.5) is 0 Å². The Kier molecular flexibility index (Phi) is 12.9. The molecule has 230 valence electrons. The van der Waals surface area contributed by atoms with Gasteiger partial charge in [0.1, 0.15) is 23.7 Å². The molecule has 1 aromatic carbocycles. The molecule has 0 spiro atoms. The van der Waals surface area contributed by atoms with Crippen LogP contribution in [0.1, 0.15) is 44.3 Å². The van der Waals surface area contributed by atoms with E-state index in [1.54, 1.807) is 54.3 Å². The second-order valence-electron chi connectivity index (χ2n) is 9.58. The third kappa shape index (κ3) is 9.29. The molecule has 0 saturated carbocycles. The molecule has 3 aromatic rings. The van der Waals surface area contributed by atoms with E-state index in [1.807, 2.05) is 19.1 Å². The quantitative estimate of drug-likeness (QED) is 0.178. The van der Waals surface area contributed by atoms with Gasteiger partial charge in [-0.25, -0.2) is 9.78 Å². The summed E-state index contributed by atoms with van der Waals surface area (Å²) in [5.41, 5.74) is 13.0. The normalized spacial score (nSPS) is 12.0. The Bertz CT molecular complexity index is 1430. The van der Waals surface area contributed by atoms with Crippen molar-refractivity contribution >= 4 is 28.9 Å². The molecule has 0 aliphatic rings. The van der Waals surface area contributed by atoms with Crippen molar-refractivity contribution in [2.45, 2.75) is 59.1 Å². The van der Waals surface area contributed by atoms with E-state index in [-0.39, 0.29) is 23.9 Å². The number of carboxylic acids is 1. The van der Waals surface area contributed by atoms with Gasteiger partial charge >= 0.3 is 5.97 Å². The third-order valence-corrected chi connectivity index (χ3v) is 6.16. The number of carbonyl (C=O) groups is 1. The highest BCUT2D eigenvalue weighted by atomic mass is 16.5. The molecule has 1 atom stereocenters. The number of nitrogens with one attached hydrogen (secondary N) is 1. The first-order chi connectivity index (χ1) is 19.9. The smallest absolute Gasteiger partial charge is 0.333 e. The fourth-order valence-corrected chi connectivity index (χ4v) is 4.10. The number of carboxylic acid groups (broad SMARTS) is 1. The monoisotopic (exact) mass is 585 g/mol. The SMILES string of the molecule is CCCc1nn(C)c2c(=O)n(CCOc3ccc(CC(OCC)C(=O)O)cc3)c(CC)nc12.CN(C)C(N)=NC(=N)N. The number of benzene rings is 1. The maximum absolute atomic E-state index is 13.2. The van der Waals surface area contributed by atoms with Gasteiger partial charge in [0.15, 0.2) is 17.6 Å². The highest BCUT2D eigenvalue weighted by Gasteiger charge is 2.19. The zero-order valence-electron chi connectivity index (χ0n) is 25.3. The summed E-state index contributed by atoms with van der Waals surface area (Å²) in [5.74, 6) is 0.347. The summed E-state index contributed by atoms with van der Waals surface area (Å²) in [7, 11) is 5.22. The van der Waals surface area contributed by atoms with E-state index in [4.69, 9.17) is 31.3 Å². The van der Waals surface area contributed by atoms with Crippen LogP contribution in [0.15, 0.2) is 34.1 Å². The maximum Gasteiger partial charge on any atom is 0.333 e. The van der Waals surface area contributed by atoms with Gasteiger partial charge < -0.3 is 30.9 Å². The molecule has 6 N–H and O–H groups in total. The van der Waals surface area contributed by atoms with Gasteiger partial charge in [-0.3, -0.25) is 19.5 Å². The second kappa shape index (κ2) is 16.1. The first kappa shape index (κ1) is 33.7. The molecule has 2 aromatic heterocycles. The highest BCUT2D eigenvalue weighted by molar-refractivity contribution is 5.91. The van der Waals surface area contributed by atoms with E-state index in [2.05, 4.69) is 17.0 Å². The fourth-order valence-electron chi connectivity index (χ4n) is 4.10. The number of aryl methyl sites for hydroxylation is 3. The predicted molar refractivity (Wildman–Crippen MR) is 162 cm³/mol. The van der Waals surface area contributed by atoms with Gasteiger partial charge in [-0.15, -0.1) is 0 Å². The maximum atomic E-state index is 13.2. The molecule has 2 heterocycles. The Morgan fingerprint density at radius 1 is 1.19 bits per heavy atom. The lowest BCUT2D eigenvalue weighted by atomic mass is 10.1. The van der Waals surface area contributed by atoms with E-state index < -0.39 is 12.1 Å². The molecule has 0 bridgehead atoms. The molecule has 1 unspecified atom stereocenters. The number of ether oxygens (including phenoxy) is 2. The molecule has 0 fully saturated rings. The van der Waals surface area contributed by atoms with Crippen LogP contribution in [0.2, 0.25) is 0 Å². The third-order valence-electron chi connectivity index (χ3n) is 6.16. The van der Waals surface area contributed by atoms with Gasteiger partial charge in [-0.1, -0.05) is 32.4 Å². The topological polar surface area (TPSA) is 200 Å². The van der Waals surface area contributed by atoms with E-state index >= 15 is 0 Å². The average molecular weight is 586 g/mol. The van der Waals surface area contributed by atoms with E-state index in [9.17, 15) is 14.7 Å². The molecule has 14 nitrogen and oxygen atoms in total. The largest absolute Gasteiger partial charge is 0.492 e. The zero-order chi connectivity index (χ0) is 31.4. The number of guanidine groups is 2. The van der Waals surface area contributed by atoms with Crippen LogP contribution in [-0.4, -0.2) is 80.6 Å². The van der Waals surface area contributed by atoms with Crippen molar-refractivity contribution in [1.82, 2.24) is 24.2 Å². The van der Waals surface area contributed by atoms with E-state index in [1.165, 1.54) is 0 Å². The van der Waals surface area contributed by atoms with Crippen molar-refractivity contribution < 1.29 is 19.4 Å². The van der Waals surface area contributed by atoms with Crippen molar-refractivity contribution in [2.75, 3.05) is 27.3 Å². The molecule has 0 aliphatic carbocycles. The Balaban J connectivity index is 0.000000592. The average Bonchev–Trinajstić information content (AvgIpc) is 3.25. The van der Waals surface area contributed by atoms with Crippen LogP contribution in [0.3, 0.4) is 0 Å². The Hall–Kier alpha value is -4.46. The van der Waals surface area contributed by atoms with Crippen LogP contribution in [0.5, 0.6) is 5.75 Å². The summed E-state index contributed by atoms with van der Waals surface area (Å²) >= 11 is 0. The molecular weight excluding hydrogens is 542 g/mol. The first-order valence-corrected chi connectivity index (χ1v) is 13.8. The second-order valence-corrected chi connectivity index (χ2v) is 9.58. The lowest BCUT2D eigenvalue weighted by molar-refractivity contribution is -0.149. The van der Waals surface area contributed by atoms with Crippen LogP contribution >= 0.6 is 0 Å². The summed E-state index contributed by atoms with van der Waals surface area (Å²) in [6, 6.07) is 7.24. The molecule has 3 rings (SSSR count). The van der Waals surface area contributed by atoms with Gasteiger partial charge in [0.25, 0.3) is 5.56 Å². The summed E-state index contributed by atoms with van der Waals surface area (Å²) in [4.78, 5) is 34.2. The van der Waals surface area contributed by atoms with Crippen molar-refractivity contribution in [3.8, 4) is 5.75 Å². The Labute approximate surface area is 245 Å². The standard InChI is InChI=1S/C24H32N4O5.C4H11N5/c1-5-8-18-21-22(27(4)26-18)23(29)28(20(6-2)25-21)13-14-33-17-11-9-16(10-12-17)15-19(24(30)31)32-7-3;1-9(2)4(7)8-3(5)6/h9-12,19H,5-8,13-15H2,1-4H3,(H,30,31);1-2H3,(H5,5,6,7,8). The minimum Gasteiger partial charge on any atom is -0.492 e. The zero-order valence-corrected chi connectivity index (χ0v) is 25.3. The van der Waals surface area contributed by atoms with Crippen LogP contribution in [0, 0.1) is 5.41 Å². The van der Waals surface area contributed by atoms with Crippen LogP contribution in [-0.2, 0) is 42.4 Å². The van der Waals surface area contributed by atoms with Gasteiger partial charge in [0, 0.05) is 40.6 Å². The number of hydrogen-bond donors (Lipinski definition) is 4. The number of rotatable bonds is 12. The molecule has 0 amide bonds. The van der Waals surface area contributed by atoms with Crippen molar-refractivity contribution in [2.24, 2.45) is 23.5 Å². The molecule has 0 saturated heterocycles. The summed E-state index contributed by atoms with van der Waals surface area (Å²) in [5, 5.41) is 20.4. The first-order valence-electron chi connectivity index (χ1n) is 13.8. The minimum absolute atomic E-state index is 0.108. The number of nitrogens with zero attached hydrogens (tertiary/aromatic N) is 6. The van der Waals surface area contributed by atoms with Crippen LogP contribution < -0.4 is 21.8 Å². The van der Waals surface area contributed by atoms with Gasteiger partial charge in [0.2, 0.25) is 5.96 Å². The minimum atomic E-state index is -0.977. The number of aliphatic imine (C=N–C) groups is 1. The van der Waals surface area contributed by atoms with Gasteiger partial charge in [-0.05, 0) is 31.0 Å². The molecule has 0 aliphatic heterocycles. The van der Waals surface area contributed by atoms with Crippen molar-refractivity contribution in [3.05, 3.63) is 51.7 Å². The van der Waals surface area contributed by atoms with Crippen molar-refractivity contribution in [1.29, 1.82) is 5.41 Å². The van der Waals surface area contributed by atoms with Gasteiger partial charge in [-0.2, -0.15) is 10.1 Å². The lowest BCUT2D eigenvalue weighted by Crippen LogP contribution is -2.32. The number of hydrogen-bond acceptors (Lipinski definition) is 7. The molecule has 42 heavy (non-hydrogen) atoms. The lowest BCUT2D eigenvalue weighted by Gasteiger charge is -2.14. The predicted octanol–water partition coefficient (Wildman–Crippen LogP) is 1.51. The molecular formula is C28H43N9O5. The number of fused-ring (bicyclic) bond motifs is 1.